The van der Waals surface area contributed by atoms with E-state index < -0.39 is 0 Å². The zero-order valence-corrected chi connectivity index (χ0v) is 8.77. The normalized spacial score (nSPS) is 21.1. The fraction of sp³-hybridized carbons (Fsp3) is 0.600. The third kappa shape index (κ3) is 1.52. The smallest absolute Gasteiger partial charge is 0.235 e. The molecule has 4 nitrogen and oxygen atoms in total. The van der Waals surface area contributed by atoms with E-state index in [4.69, 9.17) is 4.74 Å². The zero-order chi connectivity index (χ0) is 10.1. The van der Waals surface area contributed by atoms with Gasteiger partial charge in [-0.15, -0.1) is 0 Å². The fourth-order valence-electron chi connectivity index (χ4n) is 1.43. The lowest BCUT2D eigenvalue weighted by atomic mass is 10.1. The molecule has 1 aliphatic rings. The molecule has 0 bridgehead atoms. The summed E-state index contributed by atoms with van der Waals surface area (Å²) < 4.78 is 7.46. The third-order valence-corrected chi connectivity index (χ3v) is 2.48. The van der Waals surface area contributed by atoms with Gasteiger partial charge in [0.1, 0.15) is 12.3 Å². The highest BCUT2D eigenvalue weighted by Crippen LogP contribution is 2.16. The van der Waals surface area contributed by atoms with Crippen LogP contribution < -0.4 is 0 Å². The van der Waals surface area contributed by atoms with Crippen molar-refractivity contribution in [3.05, 3.63) is 18.2 Å². The van der Waals surface area contributed by atoms with E-state index in [0.717, 1.165) is 11.6 Å². The van der Waals surface area contributed by atoms with Gasteiger partial charge in [0.2, 0.25) is 5.90 Å². The van der Waals surface area contributed by atoms with E-state index >= 15 is 0 Å². The van der Waals surface area contributed by atoms with E-state index in [2.05, 4.69) is 23.8 Å². The van der Waals surface area contributed by atoms with Crippen LogP contribution in [0.4, 0.5) is 0 Å². The van der Waals surface area contributed by atoms with Crippen molar-refractivity contribution in [3.8, 4) is 0 Å². The molecule has 0 saturated carbocycles. The predicted molar refractivity (Wildman–Crippen MR) is 54.3 cm³/mol. The second kappa shape index (κ2) is 3.44. The second-order valence-corrected chi connectivity index (χ2v) is 3.95. The Hall–Kier alpha value is -1.32. The Labute approximate surface area is 83.6 Å². The van der Waals surface area contributed by atoms with Gasteiger partial charge < -0.3 is 9.30 Å². The summed E-state index contributed by atoms with van der Waals surface area (Å²) in [5.74, 6) is 1.25. The van der Waals surface area contributed by atoms with Crippen molar-refractivity contribution in [2.45, 2.75) is 19.9 Å². The second-order valence-electron chi connectivity index (χ2n) is 3.95. The number of aryl methyl sites for hydroxylation is 1. The van der Waals surface area contributed by atoms with Crippen molar-refractivity contribution in [2.75, 3.05) is 6.61 Å². The molecular weight excluding hydrogens is 178 g/mol. The maximum Gasteiger partial charge on any atom is 0.235 e. The van der Waals surface area contributed by atoms with Crippen LogP contribution in [0.15, 0.2) is 17.5 Å². The summed E-state index contributed by atoms with van der Waals surface area (Å²) in [7, 11) is 1.94. The van der Waals surface area contributed by atoms with E-state index in [9.17, 15) is 0 Å². The largest absolute Gasteiger partial charge is 0.474 e. The van der Waals surface area contributed by atoms with Gasteiger partial charge in [-0.2, -0.15) is 0 Å². The van der Waals surface area contributed by atoms with Gasteiger partial charge in [0.15, 0.2) is 0 Å². The van der Waals surface area contributed by atoms with Crippen LogP contribution in [0.5, 0.6) is 0 Å². The molecule has 1 aliphatic heterocycles. The Morgan fingerprint density at radius 3 is 2.86 bits per heavy atom. The minimum Gasteiger partial charge on any atom is -0.474 e. The molecule has 0 radical (unpaired) electrons. The van der Waals surface area contributed by atoms with Crippen LogP contribution in [0, 0.1) is 5.92 Å². The number of hydrogen-bond donors (Lipinski definition) is 0. The maximum absolute atomic E-state index is 5.54. The van der Waals surface area contributed by atoms with Crippen LogP contribution in [-0.4, -0.2) is 28.1 Å². The van der Waals surface area contributed by atoms with E-state index in [0.29, 0.717) is 18.6 Å². The minimum absolute atomic E-state index is 0.292. The number of imidazole rings is 1. The van der Waals surface area contributed by atoms with Crippen LogP contribution in [0.1, 0.15) is 19.5 Å². The predicted octanol–water partition coefficient (Wildman–Crippen LogP) is 1.22. The average Bonchev–Trinajstić information content (AvgIpc) is 2.71. The average molecular weight is 193 g/mol. The number of hydrogen-bond acceptors (Lipinski definition) is 3. The molecule has 0 aromatic carbocycles. The van der Waals surface area contributed by atoms with E-state index in [-0.39, 0.29) is 0 Å². The first kappa shape index (κ1) is 9.24. The molecule has 1 aromatic heterocycles. The first-order chi connectivity index (χ1) is 6.68. The molecule has 0 fully saturated rings. The van der Waals surface area contributed by atoms with Gasteiger partial charge in [0, 0.05) is 7.05 Å². The molecule has 0 saturated heterocycles. The highest BCUT2D eigenvalue weighted by Gasteiger charge is 2.23. The monoisotopic (exact) mass is 193 g/mol. The van der Waals surface area contributed by atoms with Crippen molar-refractivity contribution in [2.24, 2.45) is 18.0 Å². The summed E-state index contributed by atoms with van der Waals surface area (Å²) >= 11 is 0. The van der Waals surface area contributed by atoms with Crippen molar-refractivity contribution < 1.29 is 4.74 Å². The molecule has 0 N–H and O–H groups in total. The van der Waals surface area contributed by atoms with E-state index in [1.165, 1.54) is 0 Å². The number of ether oxygens (including phenoxy) is 1. The molecule has 4 heteroatoms. The minimum atomic E-state index is 0.292. The Morgan fingerprint density at radius 1 is 1.57 bits per heavy atom. The van der Waals surface area contributed by atoms with Crippen molar-refractivity contribution >= 4 is 5.90 Å². The van der Waals surface area contributed by atoms with Crippen LogP contribution >= 0.6 is 0 Å². The standard InChI is InChI=1S/C10H15N3O/c1-7(2)8-5-14-10(12-8)9-4-11-6-13(9)3/h4,6-8H,5H2,1-3H3. The van der Waals surface area contributed by atoms with Gasteiger partial charge in [0.25, 0.3) is 0 Å². The van der Waals surface area contributed by atoms with Crippen molar-refractivity contribution in [1.82, 2.24) is 9.55 Å². The molecule has 0 spiro atoms. The van der Waals surface area contributed by atoms with Gasteiger partial charge in [-0.3, -0.25) is 0 Å². The first-order valence-corrected chi connectivity index (χ1v) is 4.85. The number of rotatable bonds is 2. The topological polar surface area (TPSA) is 39.4 Å². The maximum atomic E-state index is 5.54. The SMILES string of the molecule is CC(C)C1COC(c2cncn2C)=N1. The van der Waals surface area contributed by atoms with E-state index in [1.54, 1.807) is 12.5 Å². The lowest BCUT2D eigenvalue weighted by Gasteiger charge is -2.06. The van der Waals surface area contributed by atoms with Gasteiger partial charge in [-0.05, 0) is 5.92 Å². The summed E-state index contributed by atoms with van der Waals surface area (Å²) in [5.41, 5.74) is 0.952. The van der Waals surface area contributed by atoms with Crippen molar-refractivity contribution in [1.29, 1.82) is 0 Å². The number of nitrogens with zero attached hydrogens (tertiary/aromatic N) is 3. The summed E-state index contributed by atoms with van der Waals surface area (Å²) in [6.07, 6.45) is 3.53. The van der Waals surface area contributed by atoms with Crippen LogP contribution in [-0.2, 0) is 11.8 Å². The molecule has 14 heavy (non-hydrogen) atoms. The molecule has 0 aliphatic carbocycles. The van der Waals surface area contributed by atoms with Gasteiger partial charge in [-0.1, -0.05) is 13.8 Å². The molecule has 0 amide bonds. The van der Waals surface area contributed by atoms with Gasteiger partial charge in [-0.25, -0.2) is 9.98 Å². The van der Waals surface area contributed by atoms with Crippen molar-refractivity contribution in [3.63, 3.8) is 0 Å². The lowest BCUT2D eigenvalue weighted by Crippen LogP contribution is -2.13. The molecule has 1 atom stereocenters. The number of aliphatic imine (C=N–C) groups is 1. The Morgan fingerprint density at radius 2 is 2.36 bits per heavy atom. The molecule has 2 rings (SSSR count). The Bertz CT molecular complexity index is 354. The van der Waals surface area contributed by atoms with Crippen LogP contribution in [0.25, 0.3) is 0 Å². The molecule has 2 heterocycles. The summed E-state index contributed by atoms with van der Waals surface area (Å²) in [6.45, 7) is 5.01. The zero-order valence-electron chi connectivity index (χ0n) is 8.77. The highest BCUT2D eigenvalue weighted by molar-refractivity contribution is 5.93. The van der Waals surface area contributed by atoms with Crippen LogP contribution in [0.2, 0.25) is 0 Å². The van der Waals surface area contributed by atoms with Gasteiger partial charge in [0.05, 0.1) is 18.6 Å². The number of aromatic nitrogens is 2. The molecule has 1 unspecified atom stereocenters. The lowest BCUT2D eigenvalue weighted by molar-refractivity contribution is 0.291. The summed E-state index contributed by atoms with van der Waals surface area (Å²) in [4.78, 5) is 8.56. The third-order valence-electron chi connectivity index (χ3n) is 2.48. The Balaban J connectivity index is 2.22. The van der Waals surface area contributed by atoms with E-state index in [1.807, 2.05) is 11.6 Å². The molecule has 1 aromatic rings. The molecule has 76 valence electrons. The van der Waals surface area contributed by atoms with Crippen LogP contribution in [0.3, 0.4) is 0 Å². The quantitative estimate of drug-likeness (QED) is 0.708. The first-order valence-electron chi connectivity index (χ1n) is 4.85. The van der Waals surface area contributed by atoms with Gasteiger partial charge >= 0.3 is 0 Å². The molecular formula is C10H15N3O. The Kier molecular flexibility index (Phi) is 2.27. The summed E-state index contributed by atoms with van der Waals surface area (Å²) in [5, 5.41) is 0. The fourth-order valence-corrected chi connectivity index (χ4v) is 1.43. The highest BCUT2D eigenvalue weighted by atomic mass is 16.5. The summed E-state index contributed by atoms with van der Waals surface area (Å²) in [6, 6.07) is 0.292.